The average molecular weight is 280 g/mol. The maximum Gasteiger partial charge on any atom is 0.304 e. The monoisotopic (exact) mass is 280 g/mol. The molecule has 2 N–H and O–H groups in total. The molecule has 0 saturated heterocycles. The molecule has 3 nitrogen and oxygen atoms in total. The lowest BCUT2D eigenvalue weighted by atomic mass is 10.2. The van der Waals surface area contributed by atoms with Crippen LogP contribution in [0.5, 0.6) is 0 Å². The highest BCUT2D eigenvalue weighted by Gasteiger charge is 2.32. The standard InChI is InChI=1S/C13H16N2OS2/c1-13(2,3)18(16)12-15-10(11(14)17-12)9-7-5-4-6-8-9/h4-8H,14H2,1-3H3. The van der Waals surface area contributed by atoms with Crippen molar-refractivity contribution in [1.29, 1.82) is 0 Å². The molecule has 1 unspecified atom stereocenters. The highest BCUT2D eigenvalue weighted by atomic mass is 32.2. The molecule has 1 aromatic carbocycles. The summed E-state index contributed by atoms with van der Waals surface area (Å²) in [5.41, 5.74) is 7.67. The van der Waals surface area contributed by atoms with Crippen molar-refractivity contribution in [3.63, 3.8) is 0 Å². The van der Waals surface area contributed by atoms with E-state index >= 15 is 0 Å². The van der Waals surface area contributed by atoms with Crippen LogP contribution in [0.15, 0.2) is 34.7 Å². The third-order valence-electron chi connectivity index (χ3n) is 2.40. The molecular formula is C13H16N2OS2. The molecular weight excluding hydrogens is 264 g/mol. The summed E-state index contributed by atoms with van der Waals surface area (Å²) in [4.78, 5) is 4.44. The number of thiazole rings is 1. The van der Waals surface area contributed by atoms with Gasteiger partial charge in [0.05, 0.1) is 0 Å². The van der Waals surface area contributed by atoms with Crippen LogP contribution in [-0.2, 0) is 11.2 Å². The zero-order valence-electron chi connectivity index (χ0n) is 10.6. The topological polar surface area (TPSA) is 62.0 Å². The normalized spacial score (nSPS) is 13.6. The number of hydrogen-bond acceptors (Lipinski definition) is 4. The molecule has 18 heavy (non-hydrogen) atoms. The van der Waals surface area contributed by atoms with Gasteiger partial charge in [-0.15, -0.1) is 0 Å². The Kier molecular flexibility index (Phi) is 3.66. The first kappa shape index (κ1) is 13.4. The number of nitrogens with zero attached hydrogens (tertiary/aromatic N) is 1. The Hall–Kier alpha value is -1.04. The zero-order chi connectivity index (χ0) is 13.3. The summed E-state index contributed by atoms with van der Waals surface area (Å²) in [6, 6.07) is 9.73. The number of rotatable bonds is 2. The van der Waals surface area contributed by atoms with Gasteiger partial charge in [0.2, 0.25) is 0 Å². The van der Waals surface area contributed by atoms with Crippen LogP contribution in [0.1, 0.15) is 20.8 Å². The quantitative estimate of drug-likeness (QED) is 0.859. The van der Waals surface area contributed by atoms with Gasteiger partial charge >= 0.3 is 4.34 Å². The Morgan fingerprint density at radius 1 is 1.22 bits per heavy atom. The van der Waals surface area contributed by atoms with Crippen molar-refractivity contribution in [2.24, 2.45) is 0 Å². The van der Waals surface area contributed by atoms with E-state index in [4.69, 9.17) is 5.73 Å². The van der Waals surface area contributed by atoms with Crippen molar-refractivity contribution < 1.29 is 4.55 Å². The van der Waals surface area contributed by atoms with Crippen molar-refractivity contribution in [3.05, 3.63) is 30.3 Å². The highest BCUT2D eigenvalue weighted by molar-refractivity contribution is 7.94. The van der Waals surface area contributed by atoms with Crippen LogP contribution < -0.4 is 5.73 Å². The molecule has 2 rings (SSSR count). The lowest BCUT2D eigenvalue weighted by molar-refractivity contribution is 0.559. The predicted octanol–water partition coefficient (Wildman–Crippen LogP) is 3.30. The molecule has 0 bridgehead atoms. The second kappa shape index (κ2) is 4.91. The van der Waals surface area contributed by atoms with Crippen LogP contribution in [0.3, 0.4) is 0 Å². The molecule has 0 spiro atoms. The highest BCUT2D eigenvalue weighted by Crippen LogP contribution is 2.36. The molecule has 0 aliphatic rings. The van der Waals surface area contributed by atoms with Crippen LogP contribution >= 0.6 is 11.3 Å². The molecule has 2 aromatic rings. The summed E-state index contributed by atoms with van der Waals surface area (Å²) in [6.45, 7) is 5.80. The van der Waals surface area contributed by atoms with Crippen LogP contribution in [0.2, 0.25) is 0 Å². The van der Waals surface area contributed by atoms with E-state index in [1.165, 1.54) is 11.3 Å². The number of benzene rings is 1. The second-order valence-corrected chi connectivity index (χ2v) is 8.38. The van der Waals surface area contributed by atoms with Crippen molar-refractivity contribution in [2.75, 3.05) is 5.73 Å². The molecule has 0 aliphatic heterocycles. The number of nitrogens with two attached hydrogens (primary N) is 1. The fourth-order valence-corrected chi connectivity index (χ4v) is 4.06. The molecule has 96 valence electrons. The molecule has 0 radical (unpaired) electrons. The van der Waals surface area contributed by atoms with Crippen molar-refractivity contribution in [3.8, 4) is 11.3 Å². The van der Waals surface area contributed by atoms with Gasteiger partial charge in [0, 0.05) is 16.7 Å². The number of nitrogen functional groups attached to an aromatic ring is 1. The Balaban J connectivity index is 2.40. The Labute approximate surface area is 114 Å². The first-order chi connectivity index (χ1) is 8.39. The minimum absolute atomic E-state index is 0.321. The molecule has 5 heteroatoms. The van der Waals surface area contributed by atoms with Crippen LogP contribution in [-0.4, -0.2) is 14.3 Å². The largest absolute Gasteiger partial charge is 0.609 e. The van der Waals surface area contributed by atoms with Crippen LogP contribution in [0.4, 0.5) is 5.00 Å². The van der Waals surface area contributed by atoms with E-state index < -0.39 is 11.2 Å². The summed E-state index contributed by atoms with van der Waals surface area (Å²) in [7, 11) is 0. The third kappa shape index (κ3) is 2.68. The van der Waals surface area contributed by atoms with Crippen LogP contribution in [0.25, 0.3) is 11.3 Å². The fraction of sp³-hybridized carbons (Fsp3) is 0.308. The number of aromatic nitrogens is 1. The van der Waals surface area contributed by atoms with Crippen molar-refractivity contribution in [2.45, 2.75) is 29.9 Å². The maximum atomic E-state index is 12.3. The van der Waals surface area contributed by atoms with Gasteiger partial charge in [0.1, 0.15) is 15.4 Å². The first-order valence-electron chi connectivity index (χ1n) is 5.63. The van der Waals surface area contributed by atoms with Crippen LogP contribution in [0, 0.1) is 0 Å². The molecule has 0 saturated carbocycles. The molecule has 1 atom stereocenters. The summed E-state index contributed by atoms with van der Waals surface area (Å²) >= 11 is 0.174. The molecule has 0 aliphatic carbocycles. The minimum Gasteiger partial charge on any atom is -0.609 e. The average Bonchev–Trinajstić information content (AvgIpc) is 2.70. The van der Waals surface area contributed by atoms with Crippen molar-refractivity contribution in [1.82, 2.24) is 4.98 Å². The summed E-state index contributed by atoms with van der Waals surface area (Å²) in [5.74, 6) is 0. The minimum atomic E-state index is -1.14. The molecule has 1 heterocycles. The second-order valence-electron chi connectivity index (χ2n) is 4.94. The Bertz CT molecular complexity index is 532. The van der Waals surface area contributed by atoms with E-state index in [9.17, 15) is 4.55 Å². The van der Waals surface area contributed by atoms with Gasteiger partial charge in [0.15, 0.2) is 0 Å². The smallest absolute Gasteiger partial charge is 0.304 e. The van der Waals surface area contributed by atoms with Gasteiger partial charge in [-0.3, -0.25) is 0 Å². The van der Waals surface area contributed by atoms with Gasteiger partial charge in [-0.2, -0.15) is 4.98 Å². The van der Waals surface area contributed by atoms with E-state index in [-0.39, 0.29) is 4.75 Å². The number of hydrogen-bond donors (Lipinski definition) is 1. The van der Waals surface area contributed by atoms with Gasteiger partial charge in [-0.05, 0) is 32.1 Å². The summed E-state index contributed by atoms with van der Waals surface area (Å²) in [5, 5.41) is 0.619. The fourth-order valence-electron chi connectivity index (χ4n) is 1.46. The van der Waals surface area contributed by atoms with E-state index in [0.717, 1.165) is 11.3 Å². The summed E-state index contributed by atoms with van der Waals surface area (Å²) in [6.07, 6.45) is 0. The lowest BCUT2D eigenvalue weighted by Crippen LogP contribution is -2.27. The van der Waals surface area contributed by atoms with E-state index in [0.29, 0.717) is 9.34 Å². The Morgan fingerprint density at radius 2 is 1.83 bits per heavy atom. The Morgan fingerprint density at radius 3 is 2.39 bits per heavy atom. The van der Waals surface area contributed by atoms with E-state index in [1.807, 2.05) is 51.1 Å². The number of anilines is 1. The van der Waals surface area contributed by atoms with Gasteiger partial charge in [-0.25, -0.2) is 0 Å². The lowest BCUT2D eigenvalue weighted by Gasteiger charge is -2.21. The van der Waals surface area contributed by atoms with Gasteiger partial charge in [-0.1, -0.05) is 30.3 Å². The van der Waals surface area contributed by atoms with E-state index in [1.54, 1.807) is 0 Å². The zero-order valence-corrected chi connectivity index (χ0v) is 12.3. The SMILES string of the molecule is CC(C)(C)[S+]([O-])c1nc(-c2ccccc2)c(N)s1. The summed E-state index contributed by atoms with van der Waals surface area (Å²) < 4.78 is 12.5. The maximum absolute atomic E-state index is 12.3. The van der Waals surface area contributed by atoms with Gasteiger partial charge in [0.25, 0.3) is 0 Å². The van der Waals surface area contributed by atoms with Gasteiger partial charge < -0.3 is 10.3 Å². The van der Waals surface area contributed by atoms with Crippen molar-refractivity contribution >= 4 is 27.5 Å². The first-order valence-corrected chi connectivity index (χ1v) is 7.60. The predicted molar refractivity (Wildman–Crippen MR) is 78.1 cm³/mol. The molecule has 0 amide bonds. The molecule has 0 fully saturated rings. The third-order valence-corrected chi connectivity index (χ3v) is 5.30. The molecule has 1 aromatic heterocycles. The van der Waals surface area contributed by atoms with E-state index in [2.05, 4.69) is 4.98 Å².